The summed E-state index contributed by atoms with van der Waals surface area (Å²) in [5.41, 5.74) is 1.37. The number of ether oxygens (including phenoxy) is 4. The first kappa shape index (κ1) is 21.5. The van der Waals surface area contributed by atoms with Gasteiger partial charge in [-0.2, -0.15) is 0 Å². The highest BCUT2D eigenvalue weighted by molar-refractivity contribution is 7.10. The lowest BCUT2D eigenvalue weighted by Gasteiger charge is -2.44. The van der Waals surface area contributed by atoms with Gasteiger partial charge in [-0.15, -0.1) is 11.3 Å². The van der Waals surface area contributed by atoms with E-state index >= 15 is 0 Å². The number of carbonyl (C=O) groups excluding carboxylic acids is 1. The highest BCUT2D eigenvalue weighted by Gasteiger charge is 2.41. The van der Waals surface area contributed by atoms with Crippen LogP contribution in [0.15, 0.2) is 23.6 Å². The molecule has 0 spiro atoms. The van der Waals surface area contributed by atoms with Gasteiger partial charge in [0.1, 0.15) is 6.61 Å². The number of nitrogens with zero attached hydrogens (tertiary/aromatic N) is 1. The molecule has 2 aromatic rings. The molecule has 1 aliphatic rings. The zero-order chi connectivity index (χ0) is 21.0. The van der Waals surface area contributed by atoms with Crippen LogP contribution < -0.4 is 14.2 Å². The lowest BCUT2D eigenvalue weighted by atomic mass is 9.79. The Bertz CT molecular complexity index is 840. The van der Waals surface area contributed by atoms with E-state index in [2.05, 4.69) is 30.3 Å². The fourth-order valence-corrected chi connectivity index (χ4v) is 5.07. The van der Waals surface area contributed by atoms with E-state index in [0.29, 0.717) is 29.4 Å². The maximum absolute atomic E-state index is 12.9. The lowest BCUT2D eigenvalue weighted by Crippen LogP contribution is -2.49. The minimum Gasteiger partial charge on any atom is -0.493 e. The molecule has 1 aromatic carbocycles. The average Bonchev–Trinajstić information content (AvgIpc) is 3.25. The van der Waals surface area contributed by atoms with E-state index in [1.807, 2.05) is 0 Å². The number of aryl methyl sites for hydroxylation is 1. The summed E-state index contributed by atoms with van der Waals surface area (Å²) in [6.45, 7) is 3.30. The third kappa shape index (κ3) is 3.94. The first-order valence-corrected chi connectivity index (χ1v) is 10.6. The van der Waals surface area contributed by atoms with Crippen LogP contribution in [-0.2, 0) is 16.7 Å². The number of hydrogen-bond donors (Lipinski definition) is 0. The fourth-order valence-electron chi connectivity index (χ4n) is 4.05. The molecule has 0 bridgehead atoms. The molecule has 1 unspecified atom stereocenters. The molecule has 6 nitrogen and oxygen atoms in total. The molecule has 1 aliphatic carbocycles. The van der Waals surface area contributed by atoms with Crippen molar-refractivity contribution >= 4 is 17.3 Å². The predicted molar refractivity (Wildman–Crippen MR) is 114 cm³/mol. The molecule has 0 amide bonds. The Balaban J connectivity index is 1.88. The van der Waals surface area contributed by atoms with Crippen LogP contribution in [0.4, 0.5) is 0 Å². The van der Waals surface area contributed by atoms with Gasteiger partial charge in [0.15, 0.2) is 11.5 Å². The van der Waals surface area contributed by atoms with E-state index in [1.165, 1.54) is 31.8 Å². The van der Waals surface area contributed by atoms with Crippen LogP contribution >= 0.6 is 11.3 Å². The highest BCUT2D eigenvalue weighted by atomic mass is 32.1. The lowest BCUT2D eigenvalue weighted by molar-refractivity contribution is 0.000310. The van der Waals surface area contributed by atoms with Crippen molar-refractivity contribution in [3.63, 3.8) is 0 Å². The number of rotatable bonds is 8. The molecule has 3 rings (SSSR count). The molecule has 0 fully saturated rings. The van der Waals surface area contributed by atoms with Crippen molar-refractivity contribution in [3.8, 4) is 17.2 Å². The molecule has 29 heavy (non-hydrogen) atoms. The minimum atomic E-state index is -0.407. The highest BCUT2D eigenvalue weighted by Crippen LogP contribution is 2.43. The number of esters is 1. The van der Waals surface area contributed by atoms with Gasteiger partial charge in [-0.1, -0.05) is 6.92 Å². The molecule has 158 valence electrons. The molecule has 0 saturated carbocycles. The Morgan fingerprint density at radius 3 is 2.45 bits per heavy atom. The molecule has 0 N–H and O–H groups in total. The molecule has 1 aromatic heterocycles. The summed E-state index contributed by atoms with van der Waals surface area (Å²) in [6, 6.07) is 5.42. The number of hydrogen-bond acceptors (Lipinski definition) is 7. The van der Waals surface area contributed by atoms with E-state index in [1.54, 1.807) is 23.5 Å². The average molecular weight is 420 g/mol. The molecule has 0 saturated heterocycles. The van der Waals surface area contributed by atoms with Crippen molar-refractivity contribution in [1.29, 1.82) is 0 Å². The Hall–Kier alpha value is -2.25. The van der Waals surface area contributed by atoms with E-state index in [0.717, 1.165) is 25.8 Å². The van der Waals surface area contributed by atoms with Gasteiger partial charge in [-0.3, -0.25) is 4.90 Å². The predicted octanol–water partition coefficient (Wildman–Crippen LogP) is 4.11. The van der Waals surface area contributed by atoms with Gasteiger partial charge in [0.05, 0.1) is 32.4 Å². The van der Waals surface area contributed by atoms with E-state index in [4.69, 9.17) is 18.9 Å². The molecule has 0 aliphatic heterocycles. The van der Waals surface area contributed by atoms with Crippen LogP contribution in [0, 0.1) is 0 Å². The minimum absolute atomic E-state index is 0.293. The molecule has 0 radical (unpaired) electrons. The third-order valence-electron chi connectivity index (χ3n) is 5.79. The zero-order valence-electron chi connectivity index (χ0n) is 17.7. The SMILES string of the molecule is CCN(C)C1(COC(=O)c2cc(OC)c(OC)c(OC)c2)CCCc2sccc21. The summed E-state index contributed by atoms with van der Waals surface area (Å²) < 4.78 is 21.9. The Kier molecular flexibility index (Phi) is 6.70. The fraction of sp³-hybridized carbons (Fsp3) is 0.500. The second-order valence-electron chi connectivity index (χ2n) is 7.15. The number of methoxy groups -OCH3 is 3. The standard InChI is InChI=1S/C22H29NO5S/c1-6-23(2)22(10-7-8-19-16(22)9-11-29-19)14-28-21(24)15-12-17(25-3)20(27-5)18(13-15)26-4/h9,11-13H,6-8,10,14H2,1-5H3. The number of carbonyl (C=O) groups is 1. The second kappa shape index (κ2) is 9.05. The van der Waals surface area contributed by atoms with Crippen molar-refractivity contribution in [2.45, 2.75) is 31.7 Å². The Morgan fingerprint density at radius 1 is 1.17 bits per heavy atom. The largest absolute Gasteiger partial charge is 0.493 e. The first-order valence-electron chi connectivity index (χ1n) is 9.76. The zero-order valence-corrected chi connectivity index (χ0v) is 18.6. The first-order chi connectivity index (χ1) is 14.0. The van der Waals surface area contributed by atoms with Crippen molar-refractivity contribution < 1.29 is 23.7 Å². The monoisotopic (exact) mass is 419 g/mol. The summed E-state index contributed by atoms with van der Waals surface area (Å²) >= 11 is 1.79. The quantitative estimate of drug-likeness (QED) is 0.600. The van der Waals surface area contributed by atoms with Crippen molar-refractivity contribution in [1.82, 2.24) is 4.90 Å². The van der Waals surface area contributed by atoms with Crippen LogP contribution in [0.25, 0.3) is 0 Å². The van der Waals surface area contributed by atoms with E-state index < -0.39 is 5.97 Å². The van der Waals surface area contributed by atoms with E-state index in [-0.39, 0.29) is 5.54 Å². The van der Waals surface area contributed by atoms with Gasteiger partial charge in [0, 0.05) is 4.88 Å². The summed E-state index contributed by atoms with van der Waals surface area (Å²) in [5, 5.41) is 2.13. The number of fused-ring (bicyclic) bond motifs is 1. The van der Waals surface area contributed by atoms with Crippen LogP contribution in [0.1, 0.15) is 40.6 Å². The summed E-state index contributed by atoms with van der Waals surface area (Å²) in [6.07, 6.45) is 3.14. The van der Waals surface area contributed by atoms with Crippen molar-refractivity contribution in [3.05, 3.63) is 39.6 Å². The molecule has 1 atom stereocenters. The van der Waals surface area contributed by atoms with Crippen LogP contribution in [0.5, 0.6) is 17.2 Å². The van der Waals surface area contributed by atoms with Gasteiger partial charge < -0.3 is 18.9 Å². The number of benzene rings is 1. The third-order valence-corrected chi connectivity index (χ3v) is 6.77. The Morgan fingerprint density at radius 2 is 1.86 bits per heavy atom. The van der Waals surface area contributed by atoms with Crippen LogP contribution in [0.3, 0.4) is 0 Å². The van der Waals surface area contributed by atoms with Crippen molar-refractivity contribution in [2.24, 2.45) is 0 Å². The second-order valence-corrected chi connectivity index (χ2v) is 8.15. The van der Waals surface area contributed by atoms with Gasteiger partial charge in [0.25, 0.3) is 0 Å². The number of likely N-dealkylation sites (N-methyl/N-ethyl adjacent to an activating group) is 1. The van der Waals surface area contributed by atoms with Gasteiger partial charge in [-0.25, -0.2) is 4.79 Å². The van der Waals surface area contributed by atoms with Gasteiger partial charge >= 0.3 is 5.97 Å². The molecule has 7 heteroatoms. The smallest absolute Gasteiger partial charge is 0.338 e. The maximum atomic E-state index is 12.9. The van der Waals surface area contributed by atoms with E-state index in [9.17, 15) is 4.79 Å². The van der Waals surface area contributed by atoms with Gasteiger partial charge in [-0.05, 0) is 62.0 Å². The van der Waals surface area contributed by atoms with Crippen LogP contribution in [-0.4, -0.2) is 52.4 Å². The maximum Gasteiger partial charge on any atom is 0.338 e. The normalized spacial score (nSPS) is 18.3. The topological polar surface area (TPSA) is 57.2 Å². The summed E-state index contributed by atoms with van der Waals surface area (Å²) in [7, 11) is 6.68. The van der Waals surface area contributed by atoms with Crippen molar-refractivity contribution in [2.75, 3.05) is 41.5 Å². The molecular formula is C22H29NO5S. The molecular weight excluding hydrogens is 390 g/mol. The van der Waals surface area contributed by atoms with Crippen LogP contribution in [0.2, 0.25) is 0 Å². The van der Waals surface area contributed by atoms with Gasteiger partial charge in [0.2, 0.25) is 5.75 Å². The number of thiophene rings is 1. The molecule has 1 heterocycles. The summed E-state index contributed by atoms with van der Waals surface area (Å²) in [5.74, 6) is 0.897. The summed E-state index contributed by atoms with van der Waals surface area (Å²) in [4.78, 5) is 16.6. The Labute approximate surface area is 176 Å².